The van der Waals surface area contributed by atoms with E-state index in [4.69, 9.17) is 62.7 Å². The number of ether oxygens (including phenoxy) is 1. The van der Waals surface area contributed by atoms with Gasteiger partial charge in [0.2, 0.25) is 0 Å². The number of hydrogen-bond acceptors (Lipinski definition) is 5. The summed E-state index contributed by atoms with van der Waals surface area (Å²) in [5.74, 6) is -1.16. The van der Waals surface area contributed by atoms with Crippen LogP contribution in [0.3, 0.4) is 0 Å². The molecule has 0 saturated carbocycles. The fourth-order valence-electron chi connectivity index (χ4n) is 2.24. The molecule has 152 valence electrons. The van der Waals surface area contributed by atoms with Crippen LogP contribution in [0.4, 0.5) is 8.78 Å². The number of thiophene rings is 1. The van der Waals surface area contributed by atoms with Crippen molar-refractivity contribution in [1.82, 2.24) is 0 Å². The van der Waals surface area contributed by atoms with Crippen molar-refractivity contribution in [3.05, 3.63) is 59.8 Å². The van der Waals surface area contributed by atoms with Gasteiger partial charge < -0.3 is 4.74 Å². The molecule has 1 heterocycles. The Morgan fingerprint density at radius 2 is 1.55 bits per heavy atom. The van der Waals surface area contributed by atoms with Crippen LogP contribution in [-0.2, 0) is 15.2 Å². The molecule has 0 bridgehead atoms. The van der Waals surface area contributed by atoms with Crippen molar-refractivity contribution >= 4 is 94.1 Å². The molecule has 1 aromatic heterocycles. The van der Waals surface area contributed by atoms with Crippen molar-refractivity contribution in [1.29, 1.82) is 0 Å². The fraction of sp³-hybridized carbons (Fsp3) is 0.0625. The number of carbonyl (C=O) groups excluding carboxylic acids is 1. The van der Waals surface area contributed by atoms with Gasteiger partial charge in [-0.15, -0.1) is 11.3 Å². The molecule has 2 aromatic carbocycles. The molecule has 0 amide bonds. The summed E-state index contributed by atoms with van der Waals surface area (Å²) in [7, 11) is -1.17. The molecule has 0 N–H and O–H groups in total. The first kappa shape index (κ1) is 22.9. The van der Waals surface area contributed by atoms with E-state index in [1.165, 1.54) is 12.1 Å². The van der Waals surface area contributed by atoms with E-state index in [1.54, 1.807) is 0 Å². The molecule has 13 heteroatoms. The van der Waals surface area contributed by atoms with Gasteiger partial charge in [0.05, 0.1) is 20.6 Å². The minimum atomic E-state index is -3.77. The largest absolute Gasteiger partial charge is 0.419 e. The van der Waals surface area contributed by atoms with Gasteiger partial charge in [-0.1, -0.05) is 58.0 Å². The molecule has 29 heavy (non-hydrogen) atoms. The Kier molecular flexibility index (Phi) is 6.93. The molecule has 4 nitrogen and oxygen atoms in total. The second-order valence-electron chi connectivity index (χ2n) is 5.33. The maximum atomic E-state index is 13.8. The Balaban J connectivity index is 1.96. The number of fused-ring (bicyclic) bond motifs is 1. The number of benzene rings is 2. The molecule has 0 spiro atoms. The Morgan fingerprint density at radius 1 is 0.966 bits per heavy atom. The third-order valence-corrected chi connectivity index (χ3v) is 7.21. The van der Waals surface area contributed by atoms with Crippen LogP contribution in [0.2, 0.25) is 25.1 Å². The third-order valence-electron chi connectivity index (χ3n) is 3.57. The van der Waals surface area contributed by atoms with Crippen molar-refractivity contribution in [3.8, 4) is 5.75 Å². The summed E-state index contributed by atoms with van der Waals surface area (Å²) in [6.45, 7) is 0. The highest BCUT2D eigenvalue weighted by Crippen LogP contribution is 2.48. The van der Waals surface area contributed by atoms with Gasteiger partial charge in [0, 0.05) is 4.70 Å². The zero-order chi connectivity index (χ0) is 21.5. The first-order chi connectivity index (χ1) is 13.6. The molecule has 0 aliphatic heterocycles. The maximum Gasteiger partial charge on any atom is 0.393 e. The summed E-state index contributed by atoms with van der Waals surface area (Å²) in [5.41, 5.74) is -0.534. The van der Waals surface area contributed by atoms with Crippen molar-refractivity contribution in [3.63, 3.8) is 0 Å². The summed E-state index contributed by atoms with van der Waals surface area (Å²) in [6.07, 6.45) is -3.77. The molecule has 0 unspecified atom stereocenters. The summed E-state index contributed by atoms with van der Waals surface area (Å²) in [6, 6.07) is 4.88. The van der Waals surface area contributed by atoms with Crippen molar-refractivity contribution in [2.45, 2.75) is 6.11 Å². The molecular weight excluding hydrogens is 534 g/mol. The van der Waals surface area contributed by atoms with Gasteiger partial charge in [-0.25, -0.2) is 13.9 Å². The predicted molar refractivity (Wildman–Crippen MR) is 111 cm³/mol. The Bertz CT molecular complexity index is 1130. The second-order valence-corrected chi connectivity index (χ2v) is 8.64. The molecule has 0 aliphatic carbocycles. The number of alkyl halides is 2. The van der Waals surface area contributed by atoms with Crippen LogP contribution < -0.4 is 4.74 Å². The van der Waals surface area contributed by atoms with E-state index in [2.05, 4.69) is 4.52 Å². The number of esters is 1. The van der Waals surface area contributed by atoms with Gasteiger partial charge >= 0.3 is 20.8 Å². The molecule has 0 fully saturated rings. The van der Waals surface area contributed by atoms with E-state index < -0.39 is 26.3 Å². The maximum absolute atomic E-state index is 13.8. The topological polar surface area (TPSA) is 52.6 Å². The summed E-state index contributed by atoms with van der Waals surface area (Å²) in [4.78, 5) is 12.6. The Hall–Kier alpha value is -0.760. The van der Waals surface area contributed by atoms with Crippen LogP contribution in [0.1, 0.15) is 15.2 Å². The Morgan fingerprint density at radius 3 is 2.14 bits per heavy atom. The minimum absolute atomic E-state index is 0.0673. The van der Waals surface area contributed by atoms with Crippen LogP contribution in [0.5, 0.6) is 5.75 Å². The monoisotopic (exact) mass is 536 g/mol. The number of rotatable bonds is 5. The summed E-state index contributed by atoms with van der Waals surface area (Å²) >= 11 is 30.8. The van der Waals surface area contributed by atoms with Crippen LogP contribution in [0, 0.1) is 0 Å². The summed E-state index contributed by atoms with van der Waals surface area (Å²) < 4.78 is 47.4. The van der Waals surface area contributed by atoms with E-state index in [9.17, 15) is 18.1 Å². The lowest BCUT2D eigenvalue weighted by Gasteiger charge is -2.11. The third kappa shape index (κ3) is 4.48. The molecule has 0 saturated heterocycles. The molecular formula is C16H4Cl5F2O4PS. The van der Waals surface area contributed by atoms with Crippen molar-refractivity contribution < 1.29 is 27.4 Å². The normalized spacial score (nSPS) is 12.0. The minimum Gasteiger partial charge on any atom is -0.419 e. The first-order valence-corrected chi connectivity index (χ1v) is 10.7. The average molecular weight is 539 g/mol. The van der Waals surface area contributed by atoms with E-state index >= 15 is 0 Å². The SMILES string of the molecule is O=POC(F)(F)c1ccc2sc(C(=O)Oc3c(Cl)c(Cl)c(Cl)c(Cl)c3Cl)cc2c1. The van der Waals surface area contributed by atoms with Crippen LogP contribution in [-0.4, -0.2) is 5.97 Å². The van der Waals surface area contributed by atoms with Crippen molar-refractivity contribution in [2.24, 2.45) is 0 Å². The van der Waals surface area contributed by atoms with Gasteiger partial charge in [-0.3, -0.25) is 0 Å². The Labute approximate surface area is 192 Å². The van der Waals surface area contributed by atoms with Gasteiger partial charge in [-0.2, -0.15) is 8.78 Å². The van der Waals surface area contributed by atoms with Crippen LogP contribution in [0.15, 0.2) is 24.3 Å². The zero-order valence-corrected chi connectivity index (χ0v) is 18.9. The molecule has 3 rings (SSSR count). The first-order valence-electron chi connectivity index (χ1n) is 7.23. The highest BCUT2D eigenvalue weighted by atomic mass is 35.5. The second kappa shape index (κ2) is 8.77. The molecule has 3 aromatic rings. The molecule has 0 aliphatic rings. The van der Waals surface area contributed by atoms with Crippen molar-refractivity contribution in [2.75, 3.05) is 0 Å². The molecule has 0 atom stereocenters. The van der Waals surface area contributed by atoms with E-state index in [0.717, 1.165) is 23.5 Å². The zero-order valence-electron chi connectivity index (χ0n) is 13.4. The van der Waals surface area contributed by atoms with Crippen LogP contribution in [0.25, 0.3) is 10.1 Å². The lowest BCUT2D eigenvalue weighted by molar-refractivity contribution is -0.178. The summed E-state index contributed by atoms with van der Waals surface area (Å²) in [5, 5.41) is -0.501. The van der Waals surface area contributed by atoms with Gasteiger partial charge in [0.1, 0.15) is 14.9 Å². The number of hydrogen-bond donors (Lipinski definition) is 0. The van der Waals surface area contributed by atoms with Gasteiger partial charge in [0.15, 0.2) is 5.75 Å². The van der Waals surface area contributed by atoms with Crippen LogP contribution >= 0.6 is 78.0 Å². The van der Waals surface area contributed by atoms with E-state index in [-0.39, 0.29) is 35.7 Å². The molecule has 0 radical (unpaired) electrons. The number of carbonyl (C=O) groups is 1. The number of halogens is 7. The lowest BCUT2D eigenvalue weighted by atomic mass is 10.1. The highest BCUT2D eigenvalue weighted by molar-refractivity contribution is 7.20. The predicted octanol–water partition coefficient (Wildman–Crippen LogP) is 8.66. The smallest absolute Gasteiger partial charge is 0.393 e. The van der Waals surface area contributed by atoms with E-state index in [1.807, 2.05) is 0 Å². The van der Waals surface area contributed by atoms with Gasteiger partial charge in [-0.05, 0) is 29.7 Å². The quantitative estimate of drug-likeness (QED) is 0.107. The average Bonchev–Trinajstić information content (AvgIpc) is 3.11. The van der Waals surface area contributed by atoms with E-state index in [0.29, 0.717) is 10.1 Å². The highest BCUT2D eigenvalue weighted by Gasteiger charge is 2.34. The van der Waals surface area contributed by atoms with Gasteiger partial charge in [0.25, 0.3) is 0 Å². The standard InChI is InChI=1S/C16H4Cl5F2O4PS/c17-9-10(18)12(20)14(13(21)11(9)19)26-15(24)8-4-5-3-6(1-2-7(5)29-8)16(22,23)27-28-25/h1-4H. The lowest BCUT2D eigenvalue weighted by Crippen LogP contribution is -2.12. The fourth-order valence-corrected chi connectivity index (χ4v) is 4.56.